The van der Waals surface area contributed by atoms with Crippen LogP contribution in [0.25, 0.3) is 10.9 Å². The summed E-state index contributed by atoms with van der Waals surface area (Å²) in [4.78, 5) is 4.37. The van der Waals surface area contributed by atoms with E-state index in [1.807, 2.05) is 12.3 Å². The minimum absolute atomic E-state index is 0.181. The second-order valence-electron chi connectivity index (χ2n) is 6.97. The fourth-order valence-electron chi connectivity index (χ4n) is 4.49. The molecule has 2 aromatic rings. The molecule has 1 aromatic heterocycles. The summed E-state index contributed by atoms with van der Waals surface area (Å²) in [6.45, 7) is 0. The van der Waals surface area contributed by atoms with E-state index < -0.39 is 5.60 Å². The molecule has 0 spiro atoms. The van der Waals surface area contributed by atoms with Gasteiger partial charge in [0.1, 0.15) is 0 Å². The first-order valence-corrected chi connectivity index (χ1v) is 8.59. The third-order valence-corrected chi connectivity index (χ3v) is 5.68. The number of hydrogen-bond donors (Lipinski definition) is 2. The standard InChI is InChI=1S/C19H24N2O/c22-19-11-2-1-6-15(19)7-3-8-18(19)21-16-9-10-17-14(13-16)5-4-12-20-17/h4-5,9-10,12-13,15,18,21-22H,1-3,6-8,11H2/t15-,18+,19-/m1/s1. The van der Waals surface area contributed by atoms with E-state index in [9.17, 15) is 5.11 Å². The lowest BCUT2D eigenvalue weighted by Crippen LogP contribution is -2.56. The second-order valence-corrected chi connectivity index (χ2v) is 6.97. The van der Waals surface area contributed by atoms with Gasteiger partial charge in [-0.05, 0) is 55.9 Å². The van der Waals surface area contributed by atoms with Gasteiger partial charge in [0.2, 0.25) is 0 Å². The van der Waals surface area contributed by atoms with E-state index >= 15 is 0 Å². The van der Waals surface area contributed by atoms with Gasteiger partial charge in [-0.25, -0.2) is 0 Å². The number of pyridine rings is 1. The van der Waals surface area contributed by atoms with E-state index in [1.165, 1.54) is 25.7 Å². The van der Waals surface area contributed by atoms with Crippen LogP contribution in [0.15, 0.2) is 36.5 Å². The van der Waals surface area contributed by atoms with Gasteiger partial charge in [0.25, 0.3) is 0 Å². The summed E-state index contributed by atoms with van der Waals surface area (Å²) < 4.78 is 0. The quantitative estimate of drug-likeness (QED) is 0.876. The maximum absolute atomic E-state index is 11.3. The number of nitrogens with one attached hydrogen (secondary N) is 1. The van der Waals surface area contributed by atoms with Crippen molar-refractivity contribution in [1.82, 2.24) is 4.98 Å². The van der Waals surface area contributed by atoms with Crippen LogP contribution in [0.4, 0.5) is 5.69 Å². The van der Waals surface area contributed by atoms with E-state index in [2.05, 4.69) is 34.6 Å². The lowest BCUT2D eigenvalue weighted by Gasteiger charge is -2.49. The van der Waals surface area contributed by atoms with Crippen LogP contribution in [0.3, 0.4) is 0 Å². The average Bonchev–Trinajstić information content (AvgIpc) is 2.55. The normalized spacial score (nSPS) is 31.7. The molecule has 4 rings (SSSR count). The molecule has 22 heavy (non-hydrogen) atoms. The van der Waals surface area contributed by atoms with Crippen LogP contribution in [-0.4, -0.2) is 21.7 Å². The zero-order chi connectivity index (χ0) is 15.0. The Labute approximate surface area is 131 Å². The fraction of sp³-hybridized carbons (Fsp3) is 0.526. The summed E-state index contributed by atoms with van der Waals surface area (Å²) in [6, 6.07) is 10.5. The first-order chi connectivity index (χ1) is 10.8. The van der Waals surface area contributed by atoms with E-state index in [0.717, 1.165) is 35.9 Å². The predicted molar refractivity (Wildman–Crippen MR) is 89.9 cm³/mol. The van der Waals surface area contributed by atoms with E-state index in [-0.39, 0.29) is 6.04 Å². The smallest absolute Gasteiger partial charge is 0.0875 e. The highest BCUT2D eigenvalue weighted by Gasteiger charge is 2.47. The fourth-order valence-corrected chi connectivity index (χ4v) is 4.49. The maximum Gasteiger partial charge on any atom is 0.0875 e. The van der Waals surface area contributed by atoms with Gasteiger partial charge in [-0.15, -0.1) is 0 Å². The highest BCUT2D eigenvalue weighted by atomic mass is 16.3. The molecule has 2 saturated carbocycles. The van der Waals surface area contributed by atoms with Gasteiger partial charge in [0.05, 0.1) is 17.2 Å². The van der Waals surface area contributed by atoms with Gasteiger partial charge in [0.15, 0.2) is 0 Å². The number of rotatable bonds is 2. The lowest BCUT2D eigenvalue weighted by atomic mass is 9.65. The predicted octanol–water partition coefficient (Wildman–Crippen LogP) is 4.12. The zero-order valence-electron chi connectivity index (χ0n) is 13.0. The van der Waals surface area contributed by atoms with Crippen molar-refractivity contribution >= 4 is 16.6 Å². The molecule has 0 saturated heterocycles. The van der Waals surface area contributed by atoms with Crippen molar-refractivity contribution in [2.24, 2.45) is 5.92 Å². The SMILES string of the molecule is O[C@]12CCCC[C@@H]1CCC[C@@H]2Nc1ccc2ncccc2c1. The average molecular weight is 296 g/mol. The van der Waals surface area contributed by atoms with Crippen molar-refractivity contribution in [3.05, 3.63) is 36.5 Å². The molecule has 3 atom stereocenters. The summed E-state index contributed by atoms with van der Waals surface area (Å²) in [5.41, 5.74) is 1.61. The molecule has 2 fully saturated rings. The molecule has 0 bridgehead atoms. The summed E-state index contributed by atoms with van der Waals surface area (Å²) in [7, 11) is 0. The van der Waals surface area contributed by atoms with Crippen LogP contribution in [0.5, 0.6) is 0 Å². The number of aliphatic hydroxyl groups is 1. The number of aromatic nitrogens is 1. The zero-order valence-corrected chi connectivity index (χ0v) is 13.0. The molecular formula is C19H24N2O. The van der Waals surface area contributed by atoms with Crippen LogP contribution in [0.2, 0.25) is 0 Å². The van der Waals surface area contributed by atoms with Crippen LogP contribution in [-0.2, 0) is 0 Å². The molecule has 1 heterocycles. The van der Waals surface area contributed by atoms with E-state index in [1.54, 1.807) is 0 Å². The lowest BCUT2D eigenvalue weighted by molar-refractivity contribution is -0.0835. The monoisotopic (exact) mass is 296 g/mol. The minimum atomic E-state index is -0.513. The number of benzene rings is 1. The second kappa shape index (κ2) is 5.54. The molecule has 3 heteroatoms. The third-order valence-electron chi connectivity index (χ3n) is 5.68. The topological polar surface area (TPSA) is 45.1 Å². The summed E-state index contributed by atoms with van der Waals surface area (Å²) in [5, 5.41) is 16.0. The highest BCUT2D eigenvalue weighted by molar-refractivity contribution is 5.82. The Hall–Kier alpha value is -1.61. The summed E-state index contributed by atoms with van der Waals surface area (Å²) in [5.74, 6) is 0.481. The van der Waals surface area contributed by atoms with Gasteiger partial charge in [-0.2, -0.15) is 0 Å². The Morgan fingerprint density at radius 1 is 1.09 bits per heavy atom. The van der Waals surface area contributed by atoms with Crippen molar-refractivity contribution < 1.29 is 5.11 Å². The Morgan fingerprint density at radius 3 is 2.95 bits per heavy atom. The van der Waals surface area contributed by atoms with E-state index in [0.29, 0.717) is 5.92 Å². The Bertz CT molecular complexity index is 669. The Morgan fingerprint density at radius 2 is 2.00 bits per heavy atom. The largest absolute Gasteiger partial charge is 0.387 e. The van der Waals surface area contributed by atoms with Gasteiger partial charge < -0.3 is 10.4 Å². The van der Waals surface area contributed by atoms with Crippen molar-refractivity contribution in [3.8, 4) is 0 Å². The van der Waals surface area contributed by atoms with Gasteiger partial charge >= 0.3 is 0 Å². The number of fused-ring (bicyclic) bond motifs is 2. The van der Waals surface area contributed by atoms with Gasteiger partial charge in [-0.3, -0.25) is 4.98 Å². The molecule has 0 unspecified atom stereocenters. The molecule has 2 N–H and O–H groups in total. The molecular weight excluding hydrogens is 272 g/mol. The van der Waals surface area contributed by atoms with Crippen LogP contribution in [0, 0.1) is 5.92 Å². The molecule has 0 amide bonds. The van der Waals surface area contributed by atoms with Crippen LogP contribution in [0.1, 0.15) is 44.9 Å². The molecule has 3 nitrogen and oxygen atoms in total. The van der Waals surface area contributed by atoms with Crippen LogP contribution >= 0.6 is 0 Å². The number of hydrogen-bond acceptors (Lipinski definition) is 3. The van der Waals surface area contributed by atoms with Crippen molar-refractivity contribution in [2.75, 3.05) is 5.32 Å². The molecule has 116 valence electrons. The third kappa shape index (κ3) is 2.38. The summed E-state index contributed by atoms with van der Waals surface area (Å²) >= 11 is 0. The van der Waals surface area contributed by atoms with Crippen molar-refractivity contribution in [2.45, 2.75) is 56.6 Å². The first kappa shape index (κ1) is 14.0. The molecule has 0 radical (unpaired) electrons. The molecule has 2 aliphatic carbocycles. The maximum atomic E-state index is 11.3. The highest BCUT2D eigenvalue weighted by Crippen LogP contribution is 2.44. The summed E-state index contributed by atoms with van der Waals surface area (Å²) in [6.07, 6.45) is 9.88. The Kier molecular flexibility index (Phi) is 3.53. The van der Waals surface area contributed by atoms with Crippen LogP contribution < -0.4 is 5.32 Å². The van der Waals surface area contributed by atoms with Crippen molar-refractivity contribution in [3.63, 3.8) is 0 Å². The van der Waals surface area contributed by atoms with Crippen molar-refractivity contribution in [1.29, 1.82) is 0 Å². The Balaban J connectivity index is 1.60. The molecule has 0 aliphatic heterocycles. The van der Waals surface area contributed by atoms with E-state index in [4.69, 9.17) is 0 Å². The number of nitrogens with zero attached hydrogens (tertiary/aromatic N) is 1. The minimum Gasteiger partial charge on any atom is -0.387 e. The molecule has 1 aromatic carbocycles. The van der Waals surface area contributed by atoms with Gasteiger partial charge in [0, 0.05) is 17.3 Å². The van der Waals surface area contributed by atoms with Gasteiger partial charge in [-0.1, -0.05) is 25.3 Å². The number of anilines is 1. The molecule has 2 aliphatic rings. The first-order valence-electron chi connectivity index (χ1n) is 8.59.